The first-order chi connectivity index (χ1) is 15.1. The van der Waals surface area contributed by atoms with Crippen LogP contribution in [0.3, 0.4) is 0 Å². The number of nitrogens with one attached hydrogen (secondary N) is 1. The number of sulfonamides is 1. The first kappa shape index (κ1) is 23.7. The van der Waals surface area contributed by atoms with Gasteiger partial charge >= 0.3 is 0 Å². The molecule has 0 unspecified atom stereocenters. The average molecular weight is 455 g/mol. The maximum Gasteiger partial charge on any atom is 0.271 e. The van der Waals surface area contributed by atoms with E-state index in [9.17, 15) is 13.2 Å². The average Bonchev–Trinajstić information content (AvgIpc) is 2.97. The molecular weight excluding hydrogens is 424 g/mol. The normalized spacial score (nSPS) is 16.7. The smallest absolute Gasteiger partial charge is 0.271 e. The number of carbonyl (C=O) groups excluding carboxylic acids is 1. The molecule has 1 aliphatic rings. The second-order valence-corrected chi connectivity index (χ2v) is 10.0. The number of para-hydroxylation sites is 1. The summed E-state index contributed by atoms with van der Waals surface area (Å²) in [5.74, 6) is -0.474. The number of amides is 1. The summed E-state index contributed by atoms with van der Waals surface area (Å²) in [6, 6.07) is 14.2. The minimum atomic E-state index is -3.64. The summed E-state index contributed by atoms with van der Waals surface area (Å²) in [7, 11) is -1.63. The Morgan fingerprint density at radius 1 is 1.12 bits per heavy atom. The fourth-order valence-electron chi connectivity index (χ4n) is 4.08. The summed E-state index contributed by atoms with van der Waals surface area (Å²) in [6.07, 6.45) is 3.43. The van der Waals surface area contributed by atoms with Crippen LogP contribution in [0.25, 0.3) is 0 Å². The van der Waals surface area contributed by atoms with Gasteiger partial charge < -0.3 is 4.90 Å². The van der Waals surface area contributed by atoms with Gasteiger partial charge in [-0.1, -0.05) is 52.0 Å². The molecular formula is C24H30N4O3S. The first-order valence-electron chi connectivity index (χ1n) is 10.6. The van der Waals surface area contributed by atoms with Gasteiger partial charge in [0.2, 0.25) is 10.0 Å². The molecule has 170 valence electrons. The number of hydrogen-bond acceptors (Lipinski definition) is 5. The standard InChI is InChI=1S/C24H30N4O3S/c1-6-28(7-2)32(30,31)19-12-10-11-18(17-19)23(29)26-25-16-15-22-24(3,4)20-13-8-9-14-21(20)27(22)5/h8-17H,6-7H2,1-5H3,(H,26,29). The van der Waals surface area contributed by atoms with Crippen LogP contribution in [0.4, 0.5) is 5.69 Å². The van der Waals surface area contributed by atoms with E-state index in [2.05, 4.69) is 41.4 Å². The number of hydrogen-bond donors (Lipinski definition) is 1. The summed E-state index contributed by atoms with van der Waals surface area (Å²) in [5, 5.41) is 4.05. The summed E-state index contributed by atoms with van der Waals surface area (Å²) in [4.78, 5) is 14.7. The highest BCUT2D eigenvalue weighted by Gasteiger charge is 2.37. The van der Waals surface area contributed by atoms with E-state index in [0.29, 0.717) is 13.1 Å². The number of fused-ring (bicyclic) bond motifs is 1. The van der Waals surface area contributed by atoms with E-state index in [-0.39, 0.29) is 15.9 Å². The van der Waals surface area contributed by atoms with Crippen molar-refractivity contribution in [1.82, 2.24) is 9.73 Å². The third kappa shape index (κ3) is 4.33. The van der Waals surface area contributed by atoms with Gasteiger partial charge in [-0.25, -0.2) is 13.8 Å². The van der Waals surface area contributed by atoms with E-state index in [1.165, 1.54) is 22.0 Å². The molecule has 1 N–H and O–H groups in total. The fourth-order valence-corrected chi connectivity index (χ4v) is 5.58. The molecule has 8 heteroatoms. The van der Waals surface area contributed by atoms with E-state index in [0.717, 1.165) is 11.4 Å². The Bertz CT molecular complexity index is 1170. The Labute approximate surface area is 190 Å². The third-order valence-electron chi connectivity index (χ3n) is 5.85. The van der Waals surface area contributed by atoms with Crippen LogP contribution in [0, 0.1) is 0 Å². The van der Waals surface area contributed by atoms with E-state index in [1.54, 1.807) is 32.2 Å². The van der Waals surface area contributed by atoms with Gasteiger partial charge in [-0.3, -0.25) is 4.79 Å². The topological polar surface area (TPSA) is 82.1 Å². The number of benzene rings is 2. The van der Waals surface area contributed by atoms with E-state index < -0.39 is 15.9 Å². The Morgan fingerprint density at radius 3 is 2.47 bits per heavy atom. The fraction of sp³-hybridized carbons (Fsp3) is 0.333. The van der Waals surface area contributed by atoms with Gasteiger partial charge in [-0.15, -0.1) is 0 Å². The SMILES string of the molecule is CCN(CC)S(=O)(=O)c1cccc(C(=O)NN=CC=C2N(C)c3ccccc3C2(C)C)c1. The Kier molecular flexibility index (Phi) is 6.85. The first-order valence-corrected chi connectivity index (χ1v) is 12.1. The van der Waals surface area contributed by atoms with E-state index in [1.807, 2.05) is 25.3 Å². The second-order valence-electron chi connectivity index (χ2n) is 8.09. The van der Waals surface area contributed by atoms with Crippen molar-refractivity contribution in [3.8, 4) is 0 Å². The largest absolute Gasteiger partial charge is 0.347 e. The van der Waals surface area contributed by atoms with Crippen molar-refractivity contribution in [3.05, 3.63) is 71.4 Å². The molecule has 0 aliphatic carbocycles. The summed E-state index contributed by atoms with van der Waals surface area (Å²) < 4.78 is 26.8. The molecule has 0 atom stereocenters. The van der Waals surface area contributed by atoms with Crippen LogP contribution in [0.1, 0.15) is 43.6 Å². The maximum absolute atomic E-state index is 12.7. The highest BCUT2D eigenvalue weighted by molar-refractivity contribution is 7.89. The van der Waals surface area contributed by atoms with Gasteiger partial charge in [-0.2, -0.15) is 9.41 Å². The van der Waals surface area contributed by atoms with Gasteiger partial charge in [0.25, 0.3) is 5.91 Å². The molecule has 2 aromatic carbocycles. The zero-order chi connectivity index (χ0) is 23.5. The minimum Gasteiger partial charge on any atom is -0.347 e. The van der Waals surface area contributed by atoms with Crippen molar-refractivity contribution >= 4 is 27.8 Å². The number of allylic oxidation sites excluding steroid dienone is 2. The second kappa shape index (κ2) is 9.26. The summed E-state index contributed by atoms with van der Waals surface area (Å²) in [6.45, 7) is 8.58. The quantitative estimate of drug-likeness (QED) is 0.510. The highest BCUT2D eigenvalue weighted by atomic mass is 32.2. The van der Waals surface area contributed by atoms with Crippen LogP contribution in [0.2, 0.25) is 0 Å². The van der Waals surface area contributed by atoms with Gasteiger partial charge in [0.15, 0.2) is 0 Å². The number of anilines is 1. The zero-order valence-electron chi connectivity index (χ0n) is 19.2. The molecule has 0 bridgehead atoms. The van der Waals surface area contributed by atoms with E-state index in [4.69, 9.17) is 0 Å². The molecule has 0 saturated carbocycles. The van der Waals surface area contributed by atoms with Crippen LogP contribution < -0.4 is 10.3 Å². The monoisotopic (exact) mass is 454 g/mol. The highest BCUT2D eigenvalue weighted by Crippen LogP contribution is 2.46. The lowest BCUT2D eigenvalue weighted by atomic mass is 9.84. The lowest BCUT2D eigenvalue weighted by molar-refractivity contribution is 0.0955. The molecule has 32 heavy (non-hydrogen) atoms. The number of nitrogens with zero attached hydrogens (tertiary/aromatic N) is 3. The Balaban J connectivity index is 1.75. The predicted octanol–water partition coefficient (Wildman–Crippen LogP) is 3.74. The Hall–Kier alpha value is -2.97. The molecule has 0 radical (unpaired) electrons. The van der Waals surface area contributed by atoms with Crippen molar-refractivity contribution in [2.24, 2.45) is 5.10 Å². The van der Waals surface area contributed by atoms with Crippen LogP contribution in [0.15, 0.2) is 70.3 Å². The molecule has 0 aromatic heterocycles. The molecule has 0 fully saturated rings. The van der Waals surface area contributed by atoms with Crippen molar-refractivity contribution < 1.29 is 13.2 Å². The zero-order valence-corrected chi connectivity index (χ0v) is 20.0. The van der Waals surface area contributed by atoms with Crippen molar-refractivity contribution in [2.75, 3.05) is 25.0 Å². The van der Waals surface area contributed by atoms with Crippen molar-refractivity contribution in [3.63, 3.8) is 0 Å². The van der Waals surface area contributed by atoms with Crippen LogP contribution in [-0.4, -0.2) is 45.0 Å². The summed E-state index contributed by atoms with van der Waals surface area (Å²) >= 11 is 0. The van der Waals surface area contributed by atoms with Crippen LogP contribution >= 0.6 is 0 Å². The summed E-state index contributed by atoms with van der Waals surface area (Å²) in [5.41, 5.74) is 5.96. The van der Waals surface area contributed by atoms with Crippen LogP contribution in [0.5, 0.6) is 0 Å². The number of rotatable bonds is 7. The van der Waals surface area contributed by atoms with Gasteiger partial charge in [0.05, 0.1) is 4.90 Å². The predicted molar refractivity (Wildman–Crippen MR) is 128 cm³/mol. The van der Waals surface area contributed by atoms with Crippen molar-refractivity contribution in [2.45, 2.75) is 38.0 Å². The minimum absolute atomic E-state index is 0.0899. The molecule has 1 aliphatic heterocycles. The molecule has 0 saturated heterocycles. The lowest BCUT2D eigenvalue weighted by Crippen LogP contribution is -2.30. The van der Waals surface area contributed by atoms with E-state index >= 15 is 0 Å². The van der Waals surface area contributed by atoms with Gasteiger partial charge in [0, 0.05) is 48.7 Å². The molecule has 3 rings (SSSR count). The molecule has 7 nitrogen and oxygen atoms in total. The maximum atomic E-state index is 12.7. The number of carbonyl (C=O) groups is 1. The van der Waals surface area contributed by atoms with Gasteiger partial charge in [-0.05, 0) is 35.9 Å². The molecule has 2 aromatic rings. The van der Waals surface area contributed by atoms with Gasteiger partial charge in [0.1, 0.15) is 0 Å². The molecule has 1 heterocycles. The molecule has 1 amide bonds. The number of hydrazone groups is 1. The molecule has 0 spiro atoms. The van der Waals surface area contributed by atoms with Crippen LogP contribution in [-0.2, 0) is 15.4 Å². The van der Waals surface area contributed by atoms with Crippen molar-refractivity contribution in [1.29, 1.82) is 0 Å². The lowest BCUT2D eigenvalue weighted by Gasteiger charge is -2.23. The Morgan fingerprint density at radius 2 is 1.81 bits per heavy atom. The third-order valence-corrected chi connectivity index (χ3v) is 7.90. The number of likely N-dealkylation sites (N-methyl/N-ethyl adjacent to an activating group) is 1.